The number of imidazole rings is 1. The first kappa shape index (κ1) is 13.4. The third-order valence-corrected chi connectivity index (χ3v) is 3.97. The summed E-state index contributed by atoms with van der Waals surface area (Å²) in [6.07, 6.45) is 7.41. The van der Waals surface area contributed by atoms with Crippen LogP contribution in [0.2, 0.25) is 0 Å². The van der Waals surface area contributed by atoms with Crippen LogP contribution in [0, 0.1) is 17.2 Å². The fourth-order valence-corrected chi connectivity index (χ4v) is 2.77. The van der Waals surface area contributed by atoms with Crippen LogP contribution >= 0.6 is 0 Å². The molecule has 0 bridgehead atoms. The summed E-state index contributed by atoms with van der Waals surface area (Å²) < 4.78 is 3.84. The Morgan fingerprint density at radius 3 is 3.24 bits per heavy atom. The summed E-state index contributed by atoms with van der Waals surface area (Å²) in [4.78, 5) is 16.5. The van der Waals surface area contributed by atoms with E-state index in [2.05, 4.69) is 14.9 Å². The van der Waals surface area contributed by atoms with Crippen molar-refractivity contribution in [2.45, 2.75) is 19.4 Å². The van der Waals surface area contributed by atoms with Gasteiger partial charge >= 0.3 is 0 Å². The summed E-state index contributed by atoms with van der Waals surface area (Å²) >= 11 is 0. The van der Waals surface area contributed by atoms with Gasteiger partial charge in [-0.25, -0.2) is 4.98 Å². The van der Waals surface area contributed by atoms with Gasteiger partial charge in [0.1, 0.15) is 17.6 Å². The van der Waals surface area contributed by atoms with Crippen LogP contribution in [-0.2, 0) is 20.0 Å². The lowest BCUT2D eigenvalue weighted by Crippen LogP contribution is -2.33. The molecular weight excluding hydrogens is 266 g/mol. The van der Waals surface area contributed by atoms with Crippen LogP contribution in [0.5, 0.6) is 0 Å². The molecule has 0 fully saturated rings. The molecule has 0 aromatic carbocycles. The normalized spacial score (nSPS) is 17.0. The van der Waals surface area contributed by atoms with E-state index in [-0.39, 0.29) is 5.91 Å². The molecule has 3 heterocycles. The van der Waals surface area contributed by atoms with E-state index >= 15 is 0 Å². The van der Waals surface area contributed by atoms with Crippen molar-refractivity contribution in [2.75, 3.05) is 6.54 Å². The molecule has 0 spiro atoms. The second-order valence-electron chi connectivity index (χ2n) is 5.44. The summed E-state index contributed by atoms with van der Waals surface area (Å²) in [6, 6.07) is 3.66. The fraction of sp³-hybridized carbons (Fsp3) is 0.400. The minimum atomic E-state index is -0.132. The van der Waals surface area contributed by atoms with Gasteiger partial charge in [0.25, 0.3) is 5.91 Å². The van der Waals surface area contributed by atoms with E-state index in [0.29, 0.717) is 23.7 Å². The summed E-state index contributed by atoms with van der Waals surface area (Å²) in [5.41, 5.74) is 1.02. The van der Waals surface area contributed by atoms with Crippen molar-refractivity contribution in [1.82, 2.24) is 19.4 Å². The average molecular weight is 283 g/mol. The molecule has 6 heteroatoms. The first-order valence-electron chi connectivity index (χ1n) is 7.02. The highest BCUT2D eigenvalue weighted by molar-refractivity contribution is 5.93. The maximum atomic E-state index is 12.2. The summed E-state index contributed by atoms with van der Waals surface area (Å²) in [7, 11) is 1.77. The highest BCUT2D eigenvalue weighted by Crippen LogP contribution is 2.18. The standard InChI is InChI=1S/C15H17N5O/c1-19-10-12(8-16)6-13(19)15(21)18-9-11-2-4-20-5-3-17-14(20)7-11/h3,5-6,10-11H,2,4,7,9H2,1H3,(H,18,21)/t11-/m0/s1. The van der Waals surface area contributed by atoms with Gasteiger partial charge < -0.3 is 14.5 Å². The van der Waals surface area contributed by atoms with Crippen LogP contribution in [0.1, 0.15) is 28.3 Å². The molecule has 1 N–H and O–H groups in total. The van der Waals surface area contributed by atoms with Gasteiger partial charge in [-0.2, -0.15) is 5.26 Å². The smallest absolute Gasteiger partial charge is 0.267 e. The Bertz CT molecular complexity index is 706. The highest BCUT2D eigenvalue weighted by atomic mass is 16.1. The molecule has 108 valence electrons. The Kier molecular flexibility index (Phi) is 3.48. The molecule has 2 aromatic rings. The first-order valence-corrected chi connectivity index (χ1v) is 7.02. The average Bonchev–Trinajstić information content (AvgIpc) is 3.10. The lowest BCUT2D eigenvalue weighted by Gasteiger charge is -2.23. The molecule has 21 heavy (non-hydrogen) atoms. The summed E-state index contributed by atoms with van der Waals surface area (Å²) in [6.45, 7) is 1.59. The molecule has 6 nitrogen and oxygen atoms in total. The molecule has 0 radical (unpaired) electrons. The Balaban J connectivity index is 1.59. The molecule has 1 aliphatic heterocycles. The maximum Gasteiger partial charge on any atom is 0.267 e. The van der Waals surface area contributed by atoms with E-state index in [1.165, 1.54) is 0 Å². The van der Waals surface area contributed by atoms with Crippen LogP contribution in [0.15, 0.2) is 24.7 Å². The van der Waals surface area contributed by atoms with Crippen LogP contribution < -0.4 is 5.32 Å². The monoisotopic (exact) mass is 283 g/mol. The topological polar surface area (TPSA) is 75.6 Å². The molecule has 3 rings (SSSR count). The number of aryl methyl sites for hydroxylation is 2. The van der Waals surface area contributed by atoms with Gasteiger partial charge in [0.05, 0.1) is 5.56 Å². The van der Waals surface area contributed by atoms with Gasteiger partial charge in [-0.15, -0.1) is 0 Å². The number of fused-ring (bicyclic) bond motifs is 1. The number of amides is 1. The van der Waals surface area contributed by atoms with Crippen molar-refractivity contribution >= 4 is 5.91 Å². The molecule has 0 aliphatic carbocycles. The number of carbonyl (C=O) groups is 1. The number of hydrogen-bond acceptors (Lipinski definition) is 3. The molecule has 2 aromatic heterocycles. The third kappa shape index (κ3) is 2.68. The second kappa shape index (κ2) is 5.44. The minimum absolute atomic E-state index is 0.132. The van der Waals surface area contributed by atoms with E-state index in [0.717, 1.165) is 25.2 Å². The number of nitrogens with one attached hydrogen (secondary N) is 1. The third-order valence-electron chi connectivity index (χ3n) is 3.97. The number of aromatic nitrogens is 3. The van der Waals surface area contributed by atoms with Gasteiger partial charge in [-0.05, 0) is 18.4 Å². The van der Waals surface area contributed by atoms with E-state index in [1.54, 1.807) is 23.9 Å². The number of nitriles is 1. The van der Waals surface area contributed by atoms with Crippen LogP contribution in [0.3, 0.4) is 0 Å². The van der Waals surface area contributed by atoms with Crippen molar-refractivity contribution < 1.29 is 4.79 Å². The Morgan fingerprint density at radius 2 is 2.48 bits per heavy atom. The van der Waals surface area contributed by atoms with E-state index in [1.807, 2.05) is 18.5 Å². The van der Waals surface area contributed by atoms with E-state index in [9.17, 15) is 4.79 Å². The fourth-order valence-electron chi connectivity index (χ4n) is 2.77. The van der Waals surface area contributed by atoms with Gasteiger partial charge in [0, 0.05) is 45.1 Å². The largest absolute Gasteiger partial charge is 0.350 e. The summed E-state index contributed by atoms with van der Waals surface area (Å²) in [5.74, 6) is 1.37. The van der Waals surface area contributed by atoms with Crippen LogP contribution in [-0.4, -0.2) is 26.6 Å². The molecule has 1 aliphatic rings. The lowest BCUT2D eigenvalue weighted by molar-refractivity contribution is 0.0936. The zero-order valence-corrected chi connectivity index (χ0v) is 11.9. The van der Waals surface area contributed by atoms with Gasteiger partial charge in [-0.1, -0.05) is 0 Å². The SMILES string of the molecule is Cn1cc(C#N)cc1C(=O)NC[C@H]1CCn2ccnc2C1. The lowest BCUT2D eigenvalue weighted by atomic mass is 9.98. The predicted octanol–water partition coefficient (Wildman–Crippen LogP) is 1.09. The quantitative estimate of drug-likeness (QED) is 0.916. The number of carbonyl (C=O) groups excluding carboxylic acids is 1. The molecule has 1 atom stereocenters. The van der Waals surface area contributed by atoms with Crippen molar-refractivity contribution in [1.29, 1.82) is 5.26 Å². The zero-order valence-electron chi connectivity index (χ0n) is 11.9. The Labute approximate surface area is 123 Å². The number of hydrogen-bond donors (Lipinski definition) is 1. The van der Waals surface area contributed by atoms with Crippen molar-refractivity contribution in [3.8, 4) is 6.07 Å². The van der Waals surface area contributed by atoms with Gasteiger partial charge in [0.2, 0.25) is 0 Å². The minimum Gasteiger partial charge on any atom is -0.350 e. The Hall–Kier alpha value is -2.55. The van der Waals surface area contributed by atoms with Crippen molar-refractivity contribution in [3.63, 3.8) is 0 Å². The van der Waals surface area contributed by atoms with E-state index < -0.39 is 0 Å². The highest BCUT2D eigenvalue weighted by Gasteiger charge is 2.20. The maximum absolute atomic E-state index is 12.2. The second-order valence-corrected chi connectivity index (χ2v) is 5.44. The van der Waals surface area contributed by atoms with Crippen LogP contribution in [0.25, 0.3) is 0 Å². The molecule has 0 saturated carbocycles. The number of rotatable bonds is 3. The molecular formula is C15H17N5O. The van der Waals surface area contributed by atoms with E-state index in [4.69, 9.17) is 5.26 Å². The number of nitrogens with zero attached hydrogens (tertiary/aromatic N) is 4. The first-order chi connectivity index (χ1) is 10.2. The van der Waals surface area contributed by atoms with Gasteiger partial charge in [0.15, 0.2) is 0 Å². The molecule has 0 unspecified atom stereocenters. The zero-order chi connectivity index (χ0) is 14.8. The van der Waals surface area contributed by atoms with Crippen molar-refractivity contribution in [3.05, 3.63) is 41.7 Å². The molecule has 0 saturated heterocycles. The van der Waals surface area contributed by atoms with Crippen LogP contribution in [0.4, 0.5) is 0 Å². The summed E-state index contributed by atoms with van der Waals surface area (Å²) in [5, 5.41) is 11.8. The molecule has 1 amide bonds. The van der Waals surface area contributed by atoms with Crippen molar-refractivity contribution in [2.24, 2.45) is 13.0 Å². The predicted molar refractivity (Wildman–Crippen MR) is 76.5 cm³/mol. The van der Waals surface area contributed by atoms with Gasteiger partial charge in [-0.3, -0.25) is 4.79 Å². The Morgan fingerprint density at radius 1 is 1.62 bits per heavy atom.